The summed E-state index contributed by atoms with van der Waals surface area (Å²) in [4.78, 5) is 0. The van der Waals surface area contributed by atoms with E-state index in [-0.39, 0.29) is 0 Å². The number of para-hydroxylation sites is 1. The molecule has 3 heteroatoms. The molecular formula is C15H15ClO2. The van der Waals surface area contributed by atoms with Crippen LogP contribution in [0.1, 0.15) is 5.56 Å². The standard InChI is InChI=1S/C15H15ClO2/c1-12-11-13(16)7-8-15(12)18-10-9-17-14-5-3-2-4-6-14/h2-8,11H,9-10H2,1H3. The summed E-state index contributed by atoms with van der Waals surface area (Å²) in [6.45, 7) is 3.00. The van der Waals surface area contributed by atoms with Gasteiger partial charge in [-0.2, -0.15) is 0 Å². The van der Waals surface area contributed by atoms with Crippen LogP contribution in [-0.4, -0.2) is 13.2 Å². The summed E-state index contributed by atoms with van der Waals surface area (Å²) in [5, 5.41) is 0.723. The Morgan fingerprint density at radius 2 is 1.67 bits per heavy atom. The maximum atomic E-state index is 5.88. The van der Waals surface area contributed by atoms with Crippen LogP contribution in [0.2, 0.25) is 5.02 Å². The molecule has 2 aromatic rings. The van der Waals surface area contributed by atoms with E-state index in [0.29, 0.717) is 13.2 Å². The summed E-state index contributed by atoms with van der Waals surface area (Å²) in [6, 6.07) is 15.3. The van der Waals surface area contributed by atoms with Gasteiger partial charge in [-0.3, -0.25) is 0 Å². The molecule has 0 bridgehead atoms. The lowest BCUT2D eigenvalue weighted by molar-refractivity contribution is 0.216. The lowest BCUT2D eigenvalue weighted by Crippen LogP contribution is -2.09. The number of ether oxygens (including phenoxy) is 2. The maximum Gasteiger partial charge on any atom is 0.122 e. The third-order valence-corrected chi connectivity index (χ3v) is 2.72. The fraction of sp³-hybridized carbons (Fsp3) is 0.200. The van der Waals surface area contributed by atoms with Crippen LogP contribution in [0.3, 0.4) is 0 Å². The largest absolute Gasteiger partial charge is 0.490 e. The second-order valence-electron chi connectivity index (χ2n) is 3.92. The quantitative estimate of drug-likeness (QED) is 0.755. The van der Waals surface area contributed by atoms with E-state index >= 15 is 0 Å². The zero-order valence-corrected chi connectivity index (χ0v) is 11.0. The van der Waals surface area contributed by atoms with E-state index in [1.54, 1.807) is 0 Å². The Hall–Kier alpha value is -1.67. The van der Waals surface area contributed by atoms with Crippen molar-refractivity contribution < 1.29 is 9.47 Å². The van der Waals surface area contributed by atoms with E-state index in [1.165, 1.54) is 0 Å². The fourth-order valence-electron chi connectivity index (χ4n) is 1.60. The van der Waals surface area contributed by atoms with E-state index in [1.807, 2.05) is 55.5 Å². The average Bonchev–Trinajstić information content (AvgIpc) is 2.38. The number of aryl methyl sites for hydroxylation is 1. The lowest BCUT2D eigenvalue weighted by Gasteiger charge is -2.10. The van der Waals surface area contributed by atoms with Gasteiger partial charge in [0.15, 0.2) is 0 Å². The number of halogens is 1. The van der Waals surface area contributed by atoms with Crippen LogP contribution in [0.5, 0.6) is 11.5 Å². The van der Waals surface area contributed by atoms with E-state index in [9.17, 15) is 0 Å². The van der Waals surface area contributed by atoms with Crippen molar-refractivity contribution in [2.24, 2.45) is 0 Å². The molecule has 18 heavy (non-hydrogen) atoms. The van der Waals surface area contributed by atoms with Crippen LogP contribution in [0.4, 0.5) is 0 Å². The molecule has 0 saturated carbocycles. The smallest absolute Gasteiger partial charge is 0.122 e. The van der Waals surface area contributed by atoms with E-state index in [0.717, 1.165) is 22.1 Å². The topological polar surface area (TPSA) is 18.5 Å². The van der Waals surface area contributed by atoms with Gasteiger partial charge in [0.1, 0.15) is 24.7 Å². The molecule has 2 rings (SSSR count). The number of benzene rings is 2. The molecule has 0 atom stereocenters. The molecule has 2 aromatic carbocycles. The Bertz CT molecular complexity index is 497. The van der Waals surface area contributed by atoms with Crippen molar-refractivity contribution in [3.8, 4) is 11.5 Å². The van der Waals surface area contributed by atoms with E-state index < -0.39 is 0 Å². The molecule has 0 radical (unpaired) electrons. The van der Waals surface area contributed by atoms with Gasteiger partial charge in [-0.1, -0.05) is 29.8 Å². The summed E-state index contributed by atoms with van der Waals surface area (Å²) < 4.78 is 11.2. The molecule has 0 fully saturated rings. The van der Waals surface area contributed by atoms with E-state index in [4.69, 9.17) is 21.1 Å². The molecule has 0 unspecified atom stereocenters. The lowest BCUT2D eigenvalue weighted by atomic mass is 10.2. The Labute approximate surface area is 112 Å². The molecule has 0 saturated heterocycles. The van der Waals surface area contributed by atoms with Crippen LogP contribution in [-0.2, 0) is 0 Å². The van der Waals surface area contributed by atoms with Crippen LogP contribution in [0, 0.1) is 6.92 Å². The van der Waals surface area contributed by atoms with Crippen molar-refractivity contribution in [3.63, 3.8) is 0 Å². The van der Waals surface area contributed by atoms with Gasteiger partial charge >= 0.3 is 0 Å². The van der Waals surface area contributed by atoms with Crippen molar-refractivity contribution in [2.45, 2.75) is 6.92 Å². The zero-order chi connectivity index (χ0) is 12.8. The zero-order valence-electron chi connectivity index (χ0n) is 10.2. The Morgan fingerprint density at radius 3 is 2.39 bits per heavy atom. The molecule has 0 amide bonds. The molecule has 0 aromatic heterocycles. The number of rotatable bonds is 5. The molecule has 0 aliphatic heterocycles. The number of hydrogen-bond acceptors (Lipinski definition) is 2. The summed E-state index contributed by atoms with van der Waals surface area (Å²) in [5.74, 6) is 1.70. The van der Waals surface area contributed by atoms with Gasteiger partial charge in [0.25, 0.3) is 0 Å². The van der Waals surface area contributed by atoms with Gasteiger partial charge in [-0.15, -0.1) is 0 Å². The highest BCUT2D eigenvalue weighted by Gasteiger charge is 2.00. The fourth-order valence-corrected chi connectivity index (χ4v) is 1.83. The third-order valence-electron chi connectivity index (χ3n) is 2.49. The van der Waals surface area contributed by atoms with E-state index in [2.05, 4.69) is 0 Å². The molecule has 0 N–H and O–H groups in total. The summed E-state index contributed by atoms with van der Waals surface area (Å²) in [5.41, 5.74) is 1.03. The molecule has 0 spiro atoms. The molecule has 0 aliphatic rings. The van der Waals surface area contributed by atoms with Crippen molar-refractivity contribution in [2.75, 3.05) is 13.2 Å². The first-order chi connectivity index (χ1) is 8.75. The first-order valence-corrected chi connectivity index (χ1v) is 6.20. The van der Waals surface area contributed by atoms with Crippen LogP contribution in [0.15, 0.2) is 48.5 Å². The van der Waals surface area contributed by atoms with Gasteiger partial charge in [0.2, 0.25) is 0 Å². The van der Waals surface area contributed by atoms with Gasteiger partial charge in [-0.05, 0) is 42.8 Å². The minimum Gasteiger partial charge on any atom is -0.490 e. The Kier molecular flexibility index (Phi) is 4.48. The third kappa shape index (κ3) is 3.67. The molecule has 94 valence electrons. The molecule has 0 aliphatic carbocycles. The second kappa shape index (κ2) is 6.31. The summed E-state index contributed by atoms with van der Waals surface area (Å²) in [6.07, 6.45) is 0. The molecule has 2 nitrogen and oxygen atoms in total. The van der Waals surface area contributed by atoms with Crippen LogP contribution >= 0.6 is 11.6 Å². The maximum absolute atomic E-state index is 5.88. The Balaban J connectivity index is 1.79. The number of hydrogen-bond donors (Lipinski definition) is 0. The minimum absolute atomic E-state index is 0.511. The predicted molar refractivity (Wildman–Crippen MR) is 73.6 cm³/mol. The summed E-state index contributed by atoms with van der Waals surface area (Å²) in [7, 11) is 0. The average molecular weight is 263 g/mol. The van der Waals surface area contributed by atoms with Gasteiger partial charge in [-0.25, -0.2) is 0 Å². The predicted octanol–water partition coefficient (Wildman–Crippen LogP) is 4.11. The normalized spacial score (nSPS) is 10.1. The second-order valence-corrected chi connectivity index (χ2v) is 4.36. The van der Waals surface area contributed by atoms with Crippen molar-refractivity contribution in [3.05, 3.63) is 59.1 Å². The highest BCUT2D eigenvalue weighted by molar-refractivity contribution is 6.30. The van der Waals surface area contributed by atoms with Gasteiger partial charge < -0.3 is 9.47 Å². The molecule has 0 heterocycles. The van der Waals surface area contributed by atoms with Crippen LogP contribution in [0.25, 0.3) is 0 Å². The summed E-state index contributed by atoms with van der Waals surface area (Å²) >= 11 is 5.88. The first kappa shape index (κ1) is 12.8. The van der Waals surface area contributed by atoms with Crippen molar-refractivity contribution in [1.29, 1.82) is 0 Å². The highest BCUT2D eigenvalue weighted by Crippen LogP contribution is 2.21. The SMILES string of the molecule is Cc1cc(Cl)ccc1OCCOc1ccccc1. The van der Waals surface area contributed by atoms with Crippen LogP contribution < -0.4 is 9.47 Å². The first-order valence-electron chi connectivity index (χ1n) is 5.82. The minimum atomic E-state index is 0.511. The molecular weight excluding hydrogens is 248 g/mol. The monoisotopic (exact) mass is 262 g/mol. The van der Waals surface area contributed by atoms with Gasteiger partial charge in [0.05, 0.1) is 0 Å². The van der Waals surface area contributed by atoms with Gasteiger partial charge in [0, 0.05) is 5.02 Å². The highest BCUT2D eigenvalue weighted by atomic mass is 35.5. The van der Waals surface area contributed by atoms with Crippen molar-refractivity contribution in [1.82, 2.24) is 0 Å². The van der Waals surface area contributed by atoms with Crippen molar-refractivity contribution >= 4 is 11.6 Å². The Morgan fingerprint density at radius 1 is 0.944 bits per heavy atom.